The van der Waals surface area contributed by atoms with E-state index < -0.39 is 0 Å². The van der Waals surface area contributed by atoms with Crippen molar-refractivity contribution in [3.63, 3.8) is 0 Å². The van der Waals surface area contributed by atoms with Crippen LogP contribution in [0, 0.1) is 0 Å². The zero-order valence-electron chi connectivity index (χ0n) is 29.4. The molecule has 0 amide bonds. The fourth-order valence-corrected chi connectivity index (χ4v) is 7.51. The first-order chi connectivity index (χ1) is 26.7. The van der Waals surface area contributed by atoms with Gasteiger partial charge in [-0.1, -0.05) is 133 Å². The Bertz CT molecular complexity index is 2820. The van der Waals surface area contributed by atoms with Crippen LogP contribution < -0.4 is 4.90 Å². The topological polar surface area (TPSA) is 55.1 Å². The van der Waals surface area contributed by atoms with Crippen molar-refractivity contribution < 1.29 is 4.42 Å². The molecule has 10 rings (SSSR count). The van der Waals surface area contributed by atoms with E-state index in [-0.39, 0.29) is 0 Å². The fourth-order valence-electron chi connectivity index (χ4n) is 7.51. The van der Waals surface area contributed by atoms with Crippen molar-refractivity contribution >= 4 is 44.1 Å². The van der Waals surface area contributed by atoms with Gasteiger partial charge in [-0.25, -0.2) is 15.0 Å². The van der Waals surface area contributed by atoms with Gasteiger partial charge in [-0.05, 0) is 83.3 Å². The summed E-state index contributed by atoms with van der Waals surface area (Å²) in [4.78, 5) is 17.1. The predicted octanol–water partition coefficient (Wildman–Crippen LogP) is 13.0. The first kappa shape index (κ1) is 31.6. The SMILES string of the molecule is C1=CCCC(N(c2ccc(-c3cccc4oc5cc(-c6nc(-c7ccccc7)nc(-c7ccccc7)n6)ccc5c34)cc2)c2ccc3ccccc3c2)=C1. The number of nitrogens with zero attached hydrogens (tertiary/aromatic N) is 4. The molecule has 0 unspecified atom stereocenters. The summed E-state index contributed by atoms with van der Waals surface area (Å²) in [6.07, 6.45) is 8.65. The molecular weight excluding hydrogens is 661 g/mol. The number of allylic oxidation sites excluding steroid dienone is 4. The molecule has 0 radical (unpaired) electrons. The zero-order chi connectivity index (χ0) is 35.8. The minimum atomic E-state index is 0.598. The molecule has 2 heterocycles. The van der Waals surface area contributed by atoms with Crippen molar-refractivity contribution in [3.05, 3.63) is 188 Å². The van der Waals surface area contributed by atoms with E-state index in [9.17, 15) is 0 Å². The standard InChI is InChI=1S/C49H34N4O/c1-4-14-35(15-5-1)47-50-48(36-16-6-2-7-17-36)52-49(51-47)38-26-30-43-45(32-38)54-44-22-12-21-42(46(43)44)34-24-27-40(28-25-34)53(39-19-8-3-9-20-39)41-29-23-33-13-10-11-18-37(33)31-41/h1-8,10-19,21-32H,9,20H2. The maximum atomic E-state index is 6.55. The van der Waals surface area contributed by atoms with Crippen LogP contribution in [0.25, 0.3) is 78.0 Å². The maximum absolute atomic E-state index is 6.55. The van der Waals surface area contributed by atoms with E-state index in [2.05, 4.69) is 120 Å². The molecule has 256 valence electrons. The third-order valence-electron chi connectivity index (χ3n) is 10.2. The molecule has 5 nitrogen and oxygen atoms in total. The van der Waals surface area contributed by atoms with E-state index >= 15 is 0 Å². The van der Waals surface area contributed by atoms with Gasteiger partial charge in [-0.3, -0.25) is 0 Å². The second kappa shape index (κ2) is 13.5. The van der Waals surface area contributed by atoms with Crippen LogP contribution in [-0.2, 0) is 0 Å². The summed E-state index contributed by atoms with van der Waals surface area (Å²) in [6, 6.07) is 56.8. The van der Waals surface area contributed by atoms with Crippen LogP contribution in [0.3, 0.4) is 0 Å². The Morgan fingerprint density at radius 1 is 0.481 bits per heavy atom. The van der Waals surface area contributed by atoms with E-state index in [4.69, 9.17) is 19.4 Å². The van der Waals surface area contributed by atoms with Crippen LogP contribution in [0.5, 0.6) is 0 Å². The zero-order valence-corrected chi connectivity index (χ0v) is 29.4. The lowest BCUT2D eigenvalue weighted by atomic mass is 9.98. The summed E-state index contributed by atoms with van der Waals surface area (Å²) in [6.45, 7) is 0. The van der Waals surface area contributed by atoms with Crippen molar-refractivity contribution in [1.82, 2.24) is 15.0 Å². The molecule has 0 fully saturated rings. The van der Waals surface area contributed by atoms with Crippen molar-refractivity contribution in [2.45, 2.75) is 12.8 Å². The van der Waals surface area contributed by atoms with Gasteiger partial charge in [0.15, 0.2) is 17.5 Å². The molecule has 0 atom stereocenters. The van der Waals surface area contributed by atoms with Crippen LogP contribution in [0.15, 0.2) is 192 Å². The highest BCUT2D eigenvalue weighted by atomic mass is 16.3. The molecule has 0 N–H and O–H groups in total. The number of hydrogen-bond donors (Lipinski definition) is 0. The average Bonchev–Trinajstić information content (AvgIpc) is 3.63. The highest BCUT2D eigenvalue weighted by molar-refractivity contribution is 6.13. The quantitative estimate of drug-likeness (QED) is 0.166. The lowest BCUT2D eigenvalue weighted by molar-refractivity contribution is 0.669. The molecule has 0 aliphatic heterocycles. The van der Waals surface area contributed by atoms with Crippen LogP contribution in [0.4, 0.5) is 11.4 Å². The summed E-state index contributed by atoms with van der Waals surface area (Å²) < 4.78 is 6.55. The third kappa shape index (κ3) is 5.82. The largest absolute Gasteiger partial charge is 0.456 e. The molecule has 1 aliphatic rings. The minimum absolute atomic E-state index is 0.598. The maximum Gasteiger partial charge on any atom is 0.164 e. The molecule has 1 aliphatic carbocycles. The molecule has 2 aromatic heterocycles. The summed E-state index contributed by atoms with van der Waals surface area (Å²) in [5.41, 5.74) is 10.2. The summed E-state index contributed by atoms with van der Waals surface area (Å²) >= 11 is 0. The Labute approximate surface area is 313 Å². The highest BCUT2D eigenvalue weighted by Crippen LogP contribution is 2.40. The monoisotopic (exact) mass is 694 g/mol. The van der Waals surface area contributed by atoms with E-state index in [1.165, 1.54) is 16.5 Å². The first-order valence-electron chi connectivity index (χ1n) is 18.3. The van der Waals surface area contributed by atoms with Gasteiger partial charge < -0.3 is 9.32 Å². The van der Waals surface area contributed by atoms with Gasteiger partial charge in [0.05, 0.1) is 0 Å². The predicted molar refractivity (Wildman–Crippen MR) is 221 cm³/mol. The number of aromatic nitrogens is 3. The van der Waals surface area contributed by atoms with Crippen molar-refractivity contribution in [2.24, 2.45) is 0 Å². The van der Waals surface area contributed by atoms with Crippen LogP contribution in [-0.4, -0.2) is 15.0 Å². The molecular formula is C49H34N4O. The number of anilines is 2. The number of hydrogen-bond acceptors (Lipinski definition) is 5. The van der Waals surface area contributed by atoms with Gasteiger partial charge in [0.1, 0.15) is 11.2 Å². The Morgan fingerprint density at radius 2 is 1.13 bits per heavy atom. The third-order valence-corrected chi connectivity index (χ3v) is 10.2. The molecule has 5 heteroatoms. The molecule has 0 saturated heterocycles. The molecule has 0 spiro atoms. The molecule has 7 aromatic carbocycles. The van der Waals surface area contributed by atoms with Gasteiger partial charge >= 0.3 is 0 Å². The van der Waals surface area contributed by atoms with Gasteiger partial charge in [0.25, 0.3) is 0 Å². The summed E-state index contributed by atoms with van der Waals surface area (Å²) in [5.74, 6) is 1.86. The molecule has 54 heavy (non-hydrogen) atoms. The Hall–Kier alpha value is -7.11. The van der Waals surface area contributed by atoms with Crippen LogP contribution >= 0.6 is 0 Å². The number of rotatable bonds is 7. The number of fused-ring (bicyclic) bond motifs is 4. The Morgan fingerprint density at radius 3 is 1.83 bits per heavy atom. The van der Waals surface area contributed by atoms with Crippen LogP contribution in [0.1, 0.15) is 12.8 Å². The lowest BCUT2D eigenvalue weighted by Gasteiger charge is -2.29. The van der Waals surface area contributed by atoms with E-state index in [0.29, 0.717) is 17.5 Å². The van der Waals surface area contributed by atoms with Crippen molar-refractivity contribution in [1.29, 1.82) is 0 Å². The molecule has 0 bridgehead atoms. The summed E-state index contributed by atoms with van der Waals surface area (Å²) in [7, 11) is 0. The van der Waals surface area contributed by atoms with Gasteiger partial charge in [0, 0.05) is 44.5 Å². The highest BCUT2D eigenvalue weighted by Gasteiger charge is 2.19. The smallest absolute Gasteiger partial charge is 0.164 e. The minimum Gasteiger partial charge on any atom is -0.456 e. The van der Waals surface area contributed by atoms with Gasteiger partial charge in [-0.15, -0.1) is 0 Å². The fraction of sp³-hybridized carbons (Fsp3) is 0.0408. The second-order valence-corrected chi connectivity index (χ2v) is 13.6. The van der Waals surface area contributed by atoms with Gasteiger partial charge in [0.2, 0.25) is 0 Å². The molecule has 0 saturated carbocycles. The van der Waals surface area contributed by atoms with E-state index in [1.807, 2.05) is 66.7 Å². The van der Waals surface area contributed by atoms with E-state index in [1.54, 1.807) is 0 Å². The summed E-state index contributed by atoms with van der Waals surface area (Å²) in [5, 5.41) is 4.60. The lowest BCUT2D eigenvalue weighted by Crippen LogP contribution is -2.17. The Balaban J connectivity index is 1.04. The average molecular weight is 695 g/mol. The first-order valence-corrected chi connectivity index (χ1v) is 18.3. The van der Waals surface area contributed by atoms with Gasteiger partial charge in [-0.2, -0.15) is 0 Å². The van der Waals surface area contributed by atoms with Crippen molar-refractivity contribution in [3.8, 4) is 45.3 Å². The van der Waals surface area contributed by atoms with Crippen LogP contribution in [0.2, 0.25) is 0 Å². The molecule has 9 aromatic rings. The number of benzene rings is 7. The second-order valence-electron chi connectivity index (χ2n) is 13.6. The Kier molecular flexibility index (Phi) is 7.88. The van der Waals surface area contributed by atoms with Crippen molar-refractivity contribution in [2.75, 3.05) is 4.90 Å². The normalized spacial score (nSPS) is 12.7. The number of furan rings is 1. The van der Waals surface area contributed by atoms with E-state index in [0.717, 1.165) is 74.0 Å².